The second-order valence-corrected chi connectivity index (χ2v) is 8.48. The maximum Gasteiger partial charge on any atom is 0.409 e. The fourth-order valence-corrected chi connectivity index (χ4v) is 3.36. The van der Waals surface area contributed by atoms with Gasteiger partial charge >= 0.3 is 12.8 Å². The van der Waals surface area contributed by atoms with Crippen LogP contribution in [0.4, 0.5) is 33.6 Å². The summed E-state index contributed by atoms with van der Waals surface area (Å²) in [4.78, 5) is 12.2. The molecule has 4 aromatic heterocycles. The molecular weight excluding hydrogens is 501 g/mol. The van der Waals surface area contributed by atoms with Crippen molar-refractivity contribution in [3.63, 3.8) is 0 Å². The first kappa shape index (κ1) is 26.0. The molecule has 0 aliphatic rings. The van der Waals surface area contributed by atoms with Crippen molar-refractivity contribution in [3.8, 4) is 22.8 Å². The fraction of sp³-hybridized carbons (Fsp3) is 0.304. The van der Waals surface area contributed by atoms with Crippen LogP contribution in [0.3, 0.4) is 0 Å². The topological polar surface area (TPSA) is 112 Å². The van der Waals surface area contributed by atoms with Gasteiger partial charge in [0.2, 0.25) is 5.88 Å². The lowest BCUT2D eigenvalue weighted by Gasteiger charge is -2.27. The average Bonchev–Trinajstić information content (AvgIpc) is 3.17. The highest BCUT2D eigenvalue weighted by molar-refractivity contribution is 5.75. The maximum atomic E-state index is 13.2. The van der Waals surface area contributed by atoms with Crippen molar-refractivity contribution in [1.82, 2.24) is 24.6 Å². The Morgan fingerprint density at radius 1 is 1.08 bits per heavy atom. The normalized spacial score (nSPS) is 13.6. The minimum Gasteiger partial charge on any atom is -0.489 e. The van der Waals surface area contributed by atoms with Gasteiger partial charge in [-0.15, -0.1) is 0 Å². The van der Waals surface area contributed by atoms with Gasteiger partial charge in [0.05, 0.1) is 11.7 Å². The van der Waals surface area contributed by atoms with E-state index in [4.69, 9.17) is 10.5 Å². The van der Waals surface area contributed by atoms with Crippen LogP contribution in [0, 0.1) is 13.8 Å². The SMILES string of the molecule is Cc1cc(Nc2cc3cc(-c4cc(OC(F)F)ncc4OC[C@@](C)(N)C(F)(F)F)ccn3n2)nc(C)n1. The number of nitrogens with one attached hydrogen (secondary N) is 1. The van der Waals surface area contributed by atoms with Crippen molar-refractivity contribution >= 4 is 17.2 Å². The van der Waals surface area contributed by atoms with E-state index in [2.05, 4.69) is 30.1 Å². The summed E-state index contributed by atoms with van der Waals surface area (Å²) in [6.07, 6.45) is -2.14. The number of nitrogens with zero attached hydrogens (tertiary/aromatic N) is 5. The molecular formula is C23H22F5N7O2. The van der Waals surface area contributed by atoms with E-state index >= 15 is 0 Å². The molecule has 37 heavy (non-hydrogen) atoms. The molecule has 3 N–H and O–H groups in total. The highest BCUT2D eigenvalue weighted by Gasteiger charge is 2.49. The third kappa shape index (κ3) is 6.02. The van der Waals surface area contributed by atoms with Gasteiger partial charge < -0.3 is 20.5 Å². The first-order chi connectivity index (χ1) is 17.3. The maximum absolute atomic E-state index is 13.2. The third-order valence-corrected chi connectivity index (χ3v) is 5.22. The zero-order valence-corrected chi connectivity index (χ0v) is 19.8. The molecule has 0 aromatic carbocycles. The van der Waals surface area contributed by atoms with Crippen molar-refractivity contribution < 1.29 is 31.4 Å². The number of alkyl halides is 5. The van der Waals surface area contributed by atoms with Gasteiger partial charge in [-0.05, 0) is 38.5 Å². The van der Waals surface area contributed by atoms with Gasteiger partial charge in [-0.3, -0.25) is 0 Å². The van der Waals surface area contributed by atoms with Crippen molar-refractivity contribution in [2.24, 2.45) is 5.73 Å². The molecule has 196 valence electrons. The Bertz CT molecular complexity index is 1400. The Hall–Kier alpha value is -4.07. The van der Waals surface area contributed by atoms with Crippen LogP contribution < -0.4 is 20.5 Å². The number of aromatic nitrogens is 5. The molecule has 0 radical (unpaired) electrons. The van der Waals surface area contributed by atoms with Crippen molar-refractivity contribution in [2.45, 2.75) is 39.1 Å². The molecule has 9 nitrogen and oxygen atoms in total. The molecule has 0 saturated carbocycles. The smallest absolute Gasteiger partial charge is 0.409 e. The molecule has 14 heteroatoms. The molecule has 0 aliphatic carbocycles. The number of hydrogen-bond acceptors (Lipinski definition) is 8. The third-order valence-electron chi connectivity index (χ3n) is 5.22. The van der Waals surface area contributed by atoms with E-state index in [0.717, 1.165) is 24.9 Å². The second kappa shape index (κ2) is 9.76. The number of halogens is 5. The fourth-order valence-electron chi connectivity index (χ4n) is 3.36. The number of anilines is 2. The average molecular weight is 523 g/mol. The van der Waals surface area contributed by atoms with Gasteiger partial charge in [0, 0.05) is 35.7 Å². The second-order valence-electron chi connectivity index (χ2n) is 8.48. The summed E-state index contributed by atoms with van der Waals surface area (Å²) in [6, 6.07) is 7.84. The lowest BCUT2D eigenvalue weighted by molar-refractivity contribution is -0.187. The zero-order valence-electron chi connectivity index (χ0n) is 19.8. The van der Waals surface area contributed by atoms with E-state index in [1.807, 2.05) is 6.92 Å². The first-order valence-electron chi connectivity index (χ1n) is 10.8. The largest absolute Gasteiger partial charge is 0.489 e. The van der Waals surface area contributed by atoms with E-state index in [-0.39, 0.29) is 11.3 Å². The quantitative estimate of drug-likeness (QED) is 0.317. The molecule has 4 heterocycles. The number of nitrogens with two attached hydrogens (primary N) is 1. The molecule has 0 unspecified atom stereocenters. The Balaban J connectivity index is 1.68. The van der Waals surface area contributed by atoms with E-state index in [0.29, 0.717) is 28.5 Å². The molecule has 0 amide bonds. The van der Waals surface area contributed by atoms with Gasteiger partial charge in [0.25, 0.3) is 0 Å². The van der Waals surface area contributed by atoms with Gasteiger partial charge in [-0.25, -0.2) is 19.5 Å². The summed E-state index contributed by atoms with van der Waals surface area (Å²) in [6.45, 7) is 0.294. The predicted molar refractivity (Wildman–Crippen MR) is 124 cm³/mol. The van der Waals surface area contributed by atoms with Crippen molar-refractivity contribution in [2.75, 3.05) is 11.9 Å². The van der Waals surface area contributed by atoms with E-state index < -0.39 is 30.8 Å². The molecule has 0 fully saturated rings. The zero-order chi connectivity index (χ0) is 27.0. The summed E-state index contributed by atoms with van der Waals surface area (Å²) in [5, 5.41) is 7.50. The number of aryl methyl sites for hydroxylation is 2. The Kier molecular flexibility index (Phi) is 6.86. The standard InChI is InChI=1S/C23H22F5N7O2/c1-12-6-18(32-13(2)31-12)33-19-8-15-7-14(4-5-35(15)34-19)16-9-20(37-21(24)25)30-10-17(16)36-11-22(3,29)23(26,27)28/h4-10,21H,11,29H2,1-3H3,(H,31,32,33,34)/t22-/m1/s1. The van der Waals surface area contributed by atoms with Gasteiger partial charge in [-0.2, -0.15) is 27.1 Å². The monoisotopic (exact) mass is 523 g/mol. The summed E-state index contributed by atoms with van der Waals surface area (Å²) in [5.41, 5.74) is 4.66. The van der Waals surface area contributed by atoms with Crippen molar-refractivity contribution in [3.05, 3.63) is 54.2 Å². The van der Waals surface area contributed by atoms with Gasteiger partial charge in [-0.1, -0.05) is 0 Å². The summed E-state index contributed by atoms with van der Waals surface area (Å²) >= 11 is 0. The van der Waals surface area contributed by atoms with Crippen LogP contribution in [-0.2, 0) is 0 Å². The molecule has 0 aliphatic heterocycles. The number of pyridine rings is 2. The first-order valence-corrected chi connectivity index (χ1v) is 10.8. The Morgan fingerprint density at radius 2 is 1.84 bits per heavy atom. The summed E-state index contributed by atoms with van der Waals surface area (Å²) < 4.78 is 76.4. The predicted octanol–water partition coefficient (Wildman–Crippen LogP) is 4.81. The van der Waals surface area contributed by atoms with Gasteiger partial charge in [0.1, 0.15) is 29.5 Å². The summed E-state index contributed by atoms with van der Waals surface area (Å²) in [5.74, 6) is 1.05. The minimum atomic E-state index is -4.74. The number of fused-ring (bicyclic) bond motifs is 1. The van der Waals surface area contributed by atoms with Crippen LogP contribution in [0.15, 0.2) is 42.7 Å². The van der Waals surface area contributed by atoms with Crippen molar-refractivity contribution in [1.29, 1.82) is 0 Å². The number of rotatable bonds is 8. The van der Waals surface area contributed by atoms with E-state index in [9.17, 15) is 22.0 Å². The molecule has 0 spiro atoms. The number of ether oxygens (including phenoxy) is 2. The van der Waals surface area contributed by atoms with Crippen LogP contribution in [0.2, 0.25) is 0 Å². The molecule has 0 bridgehead atoms. The lowest BCUT2D eigenvalue weighted by atomic mass is 10.0. The van der Waals surface area contributed by atoms with E-state index in [1.165, 1.54) is 0 Å². The Labute approximate surface area is 207 Å². The summed E-state index contributed by atoms with van der Waals surface area (Å²) in [7, 11) is 0. The van der Waals surface area contributed by atoms with Crippen LogP contribution >= 0.6 is 0 Å². The van der Waals surface area contributed by atoms with E-state index in [1.54, 1.807) is 41.9 Å². The highest BCUT2D eigenvalue weighted by Crippen LogP contribution is 2.35. The lowest BCUT2D eigenvalue weighted by Crippen LogP contribution is -2.55. The Morgan fingerprint density at radius 3 is 2.51 bits per heavy atom. The van der Waals surface area contributed by atoms with Crippen LogP contribution in [0.1, 0.15) is 18.4 Å². The number of hydrogen-bond donors (Lipinski definition) is 2. The molecule has 4 aromatic rings. The van der Waals surface area contributed by atoms with Gasteiger partial charge in [0.15, 0.2) is 5.82 Å². The van der Waals surface area contributed by atoms with Crippen LogP contribution in [0.25, 0.3) is 16.6 Å². The van der Waals surface area contributed by atoms with Crippen LogP contribution in [-0.4, -0.2) is 49.5 Å². The minimum absolute atomic E-state index is 0.100. The highest BCUT2D eigenvalue weighted by atomic mass is 19.4. The molecule has 1 atom stereocenters. The van der Waals surface area contributed by atoms with Crippen LogP contribution in [0.5, 0.6) is 11.6 Å². The molecule has 4 rings (SSSR count). The molecule has 0 saturated heterocycles.